The van der Waals surface area contributed by atoms with Crippen molar-refractivity contribution >= 4 is 58.2 Å². The molecule has 0 aromatic heterocycles. The van der Waals surface area contributed by atoms with Crippen LogP contribution in [-0.2, 0) is 14.4 Å². The van der Waals surface area contributed by atoms with Crippen molar-refractivity contribution in [3.05, 3.63) is 51.5 Å². The Kier molecular flexibility index (Phi) is 5.77. The molecule has 30 heavy (non-hydrogen) atoms. The number of fused-ring (bicyclic) bond motifs is 2. The van der Waals surface area contributed by atoms with Gasteiger partial charge in [0.15, 0.2) is 5.75 Å². The molecule has 2 N–H and O–H groups in total. The summed E-state index contributed by atoms with van der Waals surface area (Å²) in [4.78, 5) is 38.8. The topological polar surface area (TPSA) is 87.7 Å². The van der Waals surface area contributed by atoms with E-state index in [0.717, 1.165) is 0 Å². The van der Waals surface area contributed by atoms with Gasteiger partial charge in [0.25, 0.3) is 0 Å². The molecular weight excluding hydrogens is 453 g/mol. The van der Waals surface area contributed by atoms with Crippen molar-refractivity contribution in [3.63, 3.8) is 0 Å². The lowest BCUT2D eigenvalue weighted by atomic mass is 10.2. The number of halogens is 3. The summed E-state index contributed by atoms with van der Waals surface area (Å²) in [7, 11) is 0. The molecule has 156 valence electrons. The zero-order valence-corrected chi connectivity index (χ0v) is 17.7. The first-order chi connectivity index (χ1) is 14.3. The molecule has 3 amide bonds. The standard InChI is InChI=1S/C20H16Cl3N3O4/c21-10-1-5-16(13(23)7-10)30-17-6-2-11(22)8-14(17)25-19(28)20(29)26-12-3-4-15(26)18(27)24-9-12/h1-2,5-8,12,15H,3-4,9H2,(H,24,27)(H,25,28). The fraction of sp³-hybridized carbons (Fsp3) is 0.250. The average molecular weight is 469 g/mol. The van der Waals surface area contributed by atoms with E-state index in [9.17, 15) is 14.4 Å². The second kappa shape index (κ2) is 8.34. The molecule has 2 aromatic rings. The van der Waals surface area contributed by atoms with Crippen molar-refractivity contribution in [2.24, 2.45) is 0 Å². The third-order valence-electron chi connectivity index (χ3n) is 5.05. The van der Waals surface area contributed by atoms with Gasteiger partial charge in [-0.2, -0.15) is 0 Å². The van der Waals surface area contributed by atoms with Crippen molar-refractivity contribution in [2.45, 2.75) is 24.9 Å². The zero-order valence-electron chi connectivity index (χ0n) is 15.5. The van der Waals surface area contributed by atoms with Crippen LogP contribution in [0.1, 0.15) is 12.8 Å². The Labute approximate surface area is 187 Å². The van der Waals surface area contributed by atoms with Gasteiger partial charge < -0.3 is 20.3 Å². The van der Waals surface area contributed by atoms with E-state index in [1.165, 1.54) is 17.0 Å². The lowest BCUT2D eigenvalue weighted by molar-refractivity contribution is -0.149. The molecule has 2 atom stereocenters. The maximum Gasteiger partial charge on any atom is 0.314 e. The van der Waals surface area contributed by atoms with Gasteiger partial charge in [-0.05, 0) is 49.2 Å². The van der Waals surface area contributed by atoms with E-state index in [2.05, 4.69) is 10.6 Å². The first-order valence-corrected chi connectivity index (χ1v) is 10.3. The number of nitrogens with one attached hydrogen (secondary N) is 2. The fourth-order valence-electron chi connectivity index (χ4n) is 3.64. The van der Waals surface area contributed by atoms with Gasteiger partial charge in [-0.1, -0.05) is 34.8 Å². The Hall–Kier alpha value is -2.48. The first-order valence-electron chi connectivity index (χ1n) is 9.17. The van der Waals surface area contributed by atoms with E-state index in [4.69, 9.17) is 39.5 Å². The number of hydrogen-bond donors (Lipinski definition) is 2. The molecule has 2 bridgehead atoms. The maximum absolute atomic E-state index is 12.8. The van der Waals surface area contributed by atoms with E-state index in [0.29, 0.717) is 35.2 Å². The fourth-order valence-corrected chi connectivity index (χ4v) is 4.26. The third kappa shape index (κ3) is 4.05. The normalized spacial score (nSPS) is 20.0. The Morgan fingerprint density at radius 1 is 1.03 bits per heavy atom. The molecule has 0 spiro atoms. The van der Waals surface area contributed by atoms with Gasteiger partial charge in [0.05, 0.1) is 16.8 Å². The van der Waals surface area contributed by atoms with E-state index in [1.807, 2.05) is 0 Å². The van der Waals surface area contributed by atoms with Gasteiger partial charge in [-0.25, -0.2) is 0 Å². The quantitative estimate of drug-likeness (QED) is 0.670. The molecule has 2 saturated heterocycles. The van der Waals surface area contributed by atoms with E-state index in [-0.39, 0.29) is 28.4 Å². The minimum Gasteiger partial charge on any atom is -0.454 e. The number of rotatable bonds is 3. The summed E-state index contributed by atoms with van der Waals surface area (Å²) in [6.45, 7) is 0.342. The van der Waals surface area contributed by atoms with Gasteiger partial charge in [0, 0.05) is 16.6 Å². The molecule has 2 fully saturated rings. The summed E-state index contributed by atoms with van der Waals surface area (Å²) in [6.07, 6.45) is 1.21. The molecule has 2 unspecified atom stereocenters. The van der Waals surface area contributed by atoms with Gasteiger partial charge in [-0.15, -0.1) is 0 Å². The average Bonchev–Trinajstić information content (AvgIpc) is 3.04. The highest BCUT2D eigenvalue weighted by Crippen LogP contribution is 2.36. The van der Waals surface area contributed by atoms with Crippen LogP contribution in [0, 0.1) is 0 Å². The van der Waals surface area contributed by atoms with Crippen LogP contribution < -0.4 is 15.4 Å². The van der Waals surface area contributed by atoms with E-state index >= 15 is 0 Å². The molecule has 2 heterocycles. The van der Waals surface area contributed by atoms with Gasteiger partial charge in [-0.3, -0.25) is 14.4 Å². The van der Waals surface area contributed by atoms with E-state index in [1.54, 1.807) is 24.3 Å². The number of anilines is 1. The number of hydrogen-bond acceptors (Lipinski definition) is 4. The first kappa shape index (κ1) is 20.8. The molecule has 2 aliphatic heterocycles. The predicted octanol–water partition coefficient (Wildman–Crippen LogP) is 3.87. The van der Waals surface area contributed by atoms with Crippen LogP contribution >= 0.6 is 34.8 Å². The van der Waals surface area contributed by atoms with Gasteiger partial charge >= 0.3 is 11.8 Å². The zero-order chi connectivity index (χ0) is 21.4. The smallest absolute Gasteiger partial charge is 0.314 e. The Morgan fingerprint density at radius 2 is 1.73 bits per heavy atom. The number of ether oxygens (including phenoxy) is 1. The molecule has 2 aromatic carbocycles. The van der Waals surface area contributed by atoms with Crippen LogP contribution in [0.2, 0.25) is 15.1 Å². The highest BCUT2D eigenvalue weighted by atomic mass is 35.5. The van der Waals surface area contributed by atoms with Crippen molar-refractivity contribution in [3.8, 4) is 11.5 Å². The lowest BCUT2D eigenvalue weighted by Crippen LogP contribution is -2.59. The Morgan fingerprint density at radius 3 is 2.47 bits per heavy atom. The number of carbonyl (C=O) groups excluding carboxylic acids is 3. The minimum absolute atomic E-state index is 0.186. The molecule has 0 radical (unpaired) electrons. The van der Waals surface area contributed by atoms with Crippen LogP contribution in [0.4, 0.5) is 5.69 Å². The van der Waals surface area contributed by atoms with Crippen molar-refractivity contribution < 1.29 is 19.1 Å². The second-order valence-electron chi connectivity index (χ2n) is 6.98. The molecule has 7 nitrogen and oxygen atoms in total. The maximum atomic E-state index is 12.8. The van der Waals surface area contributed by atoms with Gasteiger partial charge in [0.1, 0.15) is 11.8 Å². The summed E-state index contributed by atoms with van der Waals surface area (Å²) in [5, 5.41) is 6.35. The van der Waals surface area contributed by atoms with Crippen LogP contribution in [0.25, 0.3) is 0 Å². The monoisotopic (exact) mass is 467 g/mol. The number of nitrogens with zero attached hydrogens (tertiary/aromatic N) is 1. The second-order valence-corrected chi connectivity index (χ2v) is 8.26. The molecule has 2 aliphatic rings. The Balaban J connectivity index is 1.55. The largest absolute Gasteiger partial charge is 0.454 e. The number of amides is 3. The summed E-state index contributed by atoms with van der Waals surface area (Å²) in [5.74, 6) is -1.34. The minimum atomic E-state index is -0.879. The molecular formula is C20H16Cl3N3O4. The van der Waals surface area contributed by atoms with Crippen LogP contribution in [0.5, 0.6) is 11.5 Å². The lowest BCUT2D eigenvalue weighted by Gasteiger charge is -2.33. The van der Waals surface area contributed by atoms with Gasteiger partial charge in [0.2, 0.25) is 5.91 Å². The highest BCUT2D eigenvalue weighted by Gasteiger charge is 2.46. The van der Waals surface area contributed by atoms with Crippen molar-refractivity contribution in [1.29, 1.82) is 0 Å². The van der Waals surface area contributed by atoms with Crippen molar-refractivity contribution in [1.82, 2.24) is 10.2 Å². The Bertz CT molecular complexity index is 1050. The summed E-state index contributed by atoms with van der Waals surface area (Å²) < 4.78 is 5.80. The molecule has 0 saturated carbocycles. The number of piperazine rings is 1. The summed E-state index contributed by atoms with van der Waals surface area (Å²) in [6, 6.07) is 8.49. The van der Waals surface area contributed by atoms with Crippen LogP contribution in [-0.4, -0.2) is 41.2 Å². The SMILES string of the molecule is O=C(Nc1cc(Cl)ccc1Oc1ccc(Cl)cc1Cl)C(=O)N1C2CCC1C(=O)NC2. The third-order valence-corrected chi connectivity index (χ3v) is 5.82. The van der Waals surface area contributed by atoms with Crippen molar-refractivity contribution in [2.75, 3.05) is 11.9 Å². The molecule has 4 rings (SSSR count). The summed E-state index contributed by atoms with van der Waals surface area (Å²) in [5.41, 5.74) is 0.195. The number of benzene rings is 2. The van der Waals surface area contributed by atoms with Crippen LogP contribution in [0.15, 0.2) is 36.4 Å². The summed E-state index contributed by atoms with van der Waals surface area (Å²) >= 11 is 18.1. The van der Waals surface area contributed by atoms with E-state index < -0.39 is 17.9 Å². The molecule has 0 aliphatic carbocycles. The highest BCUT2D eigenvalue weighted by molar-refractivity contribution is 6.40. The number of carbonyl (C=O) groups is 3. The molecule has 10 heteroatoms. The predicted molar refractivity (Wildman–Crippen MR) is 113 cm³/mol. The van der Waals surface area contributed by atoms with Crippen LogP contribution in [0.3, 0.4) is 0 Å².